The Bertz CT molecular complexity index is 834. The van der Waals surface area contributed by atoms with Gasteiger partial charge in [-0.15, -0.1) is 0 Å². The quantitative estimate of drug-likeness (QED) is 0.487. The van der Waals surface area contributed by atoms with Gasteiger partial charge in [-0.25, -0.2) is 4.98 Å². The van der Waals surface area contributed by atoms with Gasteiger partial charge in [-0.3, -0.25) is 0 Å². The summed E-state index contributed by atoms with van der Waals surface area (Å²) in [6, 6.07) is 6.93. The van der Waals surface area contributed by atoms with Crippen LogP contribution >= 0.6 is 69.6 Å². The number of rotatable bonds is 3. The molecule has 0 aliphatic carbocycles. The molecule has 11 heteroatoms. The Morgan fingerprint density at radius 3 is 2.10 bits per heavy atom. The van der Waals surface area contributed by atoms with Crippen molar-refractivity contribution in [2.75, 3.05) is 37.6 Å². The van der Waals surface area contributed by atoms with Crippen LogP contribution < -0.4 is 4.90 Å². The molecule has 0 N–H and O–H groups in total. The summed E-state index contributed by atoms with van der Waals surface area (Å²) in [5.74, 6) is 0.952. The number of likely N-dealkylation sites (N-methyl/N-ethyl adjacent to an activating group) is 1. The number of hydrogen-bond donors (Lipinski definition) is 0. The molecule has 3 rings (SSSR count). The topological polar surface area (TPSA) is 45.2 Å². The molecule has 1 aromatic heterocycles. The normalized spacial score (nSPS) is 16.7. The average Bonchev–Trinajstić information content (AvgIpc) is 2.92. The van der Waals surface area contributed by atoms with E-state index in [1.54, 1.807) is 24.3 Å². The second-order valence-electron chi connectivity index (χ2n) is 6.63. The fourth-order valence-corrected chi connectivity index (χ4v) is 3.69. The monoisotopic (exact) mass is 515 g/mol. The zero-order valence-electron chi connectivity index (χ0n) is 15.6. The molecular weight excluding hydrogens is 499 g/mol. The van der Waals surface area contributed by atoms with Crippen LogP contribution in [0.1, 0.15) is 24.7 Å². The van der Waals surface area contributed by atoms with E-state index in [9.17, 15) is 0 Å². The number of alkyl halides is 6. The van der Waals surface area contributed by atoms with Gasteiger partial charge in [0.1, 0.15) is 0 Å². The maximum atomic E-state index is 6.09. The average molecular weight is 518 g/mol. The minimum Gasteiger partial charge on any atom is -0.339 e. The highest BCUT2D eigenvalue weighted by Gasteiger charge is 2.30. The van der Waals surface area contributed by atoms with Crippen molar-refractivity contribution >= 4 is 75.6 Å². The summed E-state index contributed by atoms with van der Waals surface area (Å²) < 4.78 is -3.28. The van der Waals surface area contributed by atoms with Crippen LogP contribution in [0.2, 0.25) is 0 Å². The van der Waals surface area contributed by atoms with Gasteiger partial charge in [0, 0.05) is 30.8 Å². The van der Waals surface area contributed by atoms with Gasteiger partial charge in [0.25, 0.3) is 0 Å². The maximum absolute atomic E-state index is 6.09. The molecule has 1 aliphatic heterocycles. The van der Waals surface area contributed by atoms with E-state index in [0.29, 0.717) is 22.9 Å². The Morgan fingerprint density at radius 1 is 0.828 bits per heavy atom. The number of anilines is 1. The van der Waals surface area contributed by atoms with Crippen molar-refractivity contribution in [2.45, 2.75) is 20.9 Å². The summed E-state index contributed by atoms with van der Waals surface area (Å²) in [4.78, 5) is 17.9. The van der Waals surface area contributed by atoms with Crippen molar-refractivity contribution in [2.24, 2.45) is 0 Å². The van der Waals surface area contributed by atoms with E-state index in [2.05, 4.69) is 31.7 Å². The SMILES string of the molecule is CCN1CCCN(c2nc(-c3ccc(C(Cl)(Cl)Cl)cc3)nc(C(Cl)(Cl)Cl)n2)CC1. The molecule has 1 aliphatic rings. The smallest absolute Gasteiger partial charge is 0.250 e. The molecule has 1 saturated heterocycles. The largest absolute Gasteiger partial charge is 0.339 e. The first kappa shape index (κ1) is 23.4. The molecule has 29 heavy (non-hydrogen) atoms. The first-order valence-corrected chi connectivity index (χ1v) is 11.3. The van der Waals surface area contributed by atoms with Crippen LogP contribution in [-0.2, 0) is 7.59 Å². The van der Waals surface area contributed by atoms with Crippen LogP contribution in [-0.4, -0.2) is 52.6 Å². The van der Waals surface area contributed by atoms with E-state index >= 15 is 0 Å². The van der Waals surface area contributed by atoms with Crippen LogP contribution in [0.4, 0.5) is 5.95 Å². The van der Waals surface area contributed by atoms with Crippen molar-refractivity contribution in [3.63, 3.8) is 0 Å². The van der Waals surface area contributed by atoms with Crippen LogP contribution in [0.15, 0.2) is 24.3 Å². The number of aromatic nitrogens is 3. The summed E-state index contributed by atoms with van der Waals surface area (Å²) in [6.07, 6.45) is 0.996. The van der Waals surface area contributed by atoms with Crippen molar-refractivity contribution in [3.8, 4) is 11.4 Å². The van der Waals surface area contributed by atoms with Gasteiger partial charge in [0.05, 0.1) is 0 Å². The van der Waals surface area contributed by atoms with Gasteiger partial charge < -0.3 is 9.80 Å². The molecule has 2 heterocycles. The van der Waals surface area contributed by atoms with Gasteiger partial charge in [-0.2, -0.15) is 9.97 Å². The standard InChI is InChI=1S/C18H19Cl6N5/c1-2-28-8-3-9-29(11-10-28)16-26-14(25-15(27-16)18(22,23)24)12-4-6-13(7-5-12)17(19,20)21/h4-7H,2-3,8-11H2,1H3. The summed E-state index contributed by atoms with van der Waals surface area (Å²) in [5.41, 5.74) is 1.24. The number of hydrogen-bond acceptors (Lipinski definition) is 5. The van der Waals surface area contributed by atoms with Crippen molar-refractivity contribution < 1.29 is 0 Å². The third kappa shape index (κ3) is 6.13. The Kier molecular flexibility index (Phi) is 7.64. The fourth-order valence-electron chi connectivity index (χ4n) is 3.06. The molecule has 0 amide bonds. The van der Waals surface area contributed by atoms with E-state index in [1.165, 1.54) is 0 Å². The lowest BCUT2D eigenvalue weighted by atomic mass is 10.1. The molecule has 1 aromatic carbocycles. The molecular formula is C18H19Cl6N5. The third-order valence-corrected chi connectivity index (χ3v) is 5.83. The summed E-state index contributed by atoms with van der Waals surface area (Å²) in [6.45, 7) is 6.69. The summed E-state index contributed by atoms with van der Waals surface area (Å²) >= 11 is 36.1. The Labute approximate surface area is 200 Å². The lowest BCUT2D eigenvalue weighted by Gasteiger charge is -2.23. The zero-order chi connectivity index (χ0) is 21.2. The van der Waals surface area contributed by atoms with Gasteiger partial charge in [-0.05, 0) is 19.5 Å². The van der Waals surface area contributed by atoms with Crippen molar-refractivity contribution in [3.05, 3.63) is 35.7 Å². The van der Waals surface area contributed by atoms with E-state index in [-0.39, 0.29) is 5.82 Å². The third-order valence-electron chi connectivity index (χ3n) is 4.67. The highest BCUT2D eigenvalue weighted by molar-refractivity contribution is 6.67. The van der Waals surface area contributed by atoms with E-state index < -0.39 is 7.59 Å². The molecule has 0 spiro atoms. The zero-order valence-corrected chi connectivity index (χ0v) is 20.1. The van der Waals surface area contributed by atoms with Gasteiger partial charge in [0.15, 0.2) is 11.6 Å². The molecule has 0 bridgehead atoms. The van der Waals surface area contributed by atoms with Crippen molar-refractivity contribution in [1.82, 2.24) is 19.9 Å². The predicted molar refractivity (Wildman–Crippen MR) is 123 cm³/mol. The minimum absolute atomic E-state index is 0.0737. The highest BCUT2D eigenvalue weighted by atomic mass is 35.6. The molecule has 0 saturated carbocycles. The summed E-state index contributed by atoms with van der Waals surface area (Å²) in [5, 5.41) is 0. The van der Waals surface area contributed by atoms with Crippen LogP contribution in [0.3, 0.4) is 0 Å². The van der Waals surface area contributed by atoms with Crippen molar-refractivity contribution in [1.29, 1.82) is 0 Å². The molecule has 5 nitrogen and oxygen atoms in total. The lowest BCUT2D eigenvalue weighted by molar-refractivity contribution is 0.310. The molecule has 0 radical (unpaired) electrons. The Morgan fingerprint density at radius 2 is 1.52 bits per heavy atom. The maximum Gasteiger partial charge on any atom is 0.250 e. The first-order chi connectivity index (χ1) is 13.6. The minimum atomic E-state index is -1.77. The van der Waals surface area contributed by atoms with Crippen LogP contribution in [0, 0.1) is 0 Å². The Hall–Kier alpha value is -0.270. The molecule has 1 fully saturated rings. The predicted octanol–water partition coefficient (Wildman–Crippen LogP) is 5.72. The molecule has 0 unspecified atom stereocenters. The second-order valence-corrected chi connectivity index (χ2v) is 11.2. The summed E-state index contributed by atoms with van der Waals surface area (Å²) in [7, 11) is 0. The number of nitrogens with zero attached hydrogens (tertiary/aromatic N) is 5. The van der Waals surface area contributed by atoms with Gasteiger partial charge in [-0.1, -0.05) is 101 Å². The first-order valence-electron chi connectivity index (χ1n) is 9.06. The number of benzene rings is 1. The highest BCUT2D eigenvalue weighted by Crippen LogP contribution is 2.39. The molecule has 2 aromatic rings. The van der Waals surface area contributed by atoms with E-state index in [1.807, 2.05) is 0 Å². The lowest BCUT2D eigenvalue weighted by Crippen LogP contribution is -2.32. The fraction of sp³-hybridized carbons (Fsp3) is 0.500. The Balaban J connectivity index is 1.98. The van der Waals surface area contributed by atoms with Crippen LogP contribution in [0.25, 0.3) is 11.4 Å². The second kappa shape index (κ2) is 9.47. The molecule has 0 atom stereocenters. The van der Waals surface area contributed by atoms with E-state index in [4.69, 9.17) is 69.6 Å². The van der Waals surface area contributed by atoms with Crippen LogP contribution in [0.5, 0.6) is 0 Å². The number of halogens is 6. The molecule has 158 valence electrons. The van der Waals surface area contributed by atoms with E-state index in [0.717, 1.165) is 39.1 Å². The van der Waals surface area contributed by atoms with Gasteiger partial charge in [0.2, 0.25) is 13.5 Å². The van der Waals surface area contributed by atoms with Gasteiger partial charge >= 0.3 is 0 Å².